The van der Waals surface area contributed by atoms with Gasteiger partial charge in [-0.15, -0.1) is 0 Å². The Kier molecular flexibility index (Phi) is 4.87. The van der Waals surface area contributed by atoms with Crippen LogP contribution in [0.5, 0.6) is 5.75 Å². The van der Waals surface area contributed by atoms with Gasteiger partial charge in [-0.3, -0.25) is 9.59 Å². The highest BCUT2D eigenvalue weighted by atomic mass is 16.5. The number of methoxy groups -OCH3 is 1. The maximum absolute atomic E-state index is 13.3. The van der Waals surface area contributed by atoms with Crippen LogP contribution >= 0.6 is 0 Å². The van der Waals surface area contributed by atoms with Gasteiger partial charge < -0.3 is 10.1 Å². The fourth-order valence-corrected chi connectivity index (χ4v) is 3.37. The molecule has 0 aliphatic carbocycles. The lowest BCUT2D eigenvalue weighted by Gasteiger charge is -2.16. The molecule has 5 nitrogen and oxygen atoms in total. The number of hydrogen-bond donors (Lipinski definition) is 1. The first-order chi connectivity index (χ1) is 14.1. The van der Waals surface area contributed by atoms with Crippen molar-refractivity contribution in [2.45, 2.75) is 6.92 Å². The normalized spacial score (nSPS) is 13.8. The number of ether oxygens (including phenoxy) is 1. The summed E-state index contributed by atoms with van der Waals surface area (Å²) in [5.74, 6) is -0.0800. The average molecular weight is 384 g/mol. The Morgan fingerprint density at radius 2 is 1.59 bits per heavy atom. The van der Waals surface area contributed by atoms with Gasteiger partial charge in [-0.1, -0.05) is 48.5 Å². The van der Waals surface area contributed by atoms with Gasteiger partial charge in [0.25, 0.3) is 11.8 Å². The van der Waals surface area contributed by atoms with Crippen molar-refractivity contribution in [1.82, 2.24) is 0 Å². The first-order valence-corrected chi connectivity index (χ1v) is 9.24. The zero-order valence-corrected chi connectivity index (χ0v) is 16.2. The first-order valence-electron chi connectivity index (χ1n) is 9.24. The molecule has 144 valence electrons. The second kappa shape index (κ2) is 7.64. The van der Waals surface area contributed by atoms with E-state index in [1.54, 1.807) is 19.2 Å². The van der Waals surface area contributed by atoms with E-state index in [9.17, 15) is 9.59 Å². The van der Waals surface area contributed by atoms with Crippen LogP contribution in [0.25, 0.3) is 5.57 Å². The Morgan fingerprint density at radius 1 is 0.828 bits per heavy atom. The van der Waals surface area contributed by atoms with Gasteiger partial charge in [0.05, 0.1) is 18.4 Å². The molecule has 0 radical (unpaired) electrons. The molecule has 0 saturated heterocycles. The van der Waals surface area contributed by atoms with Crippen molar-refractivity contribution in [2.75, 3.05) is 17.3 Å². The van der Waals surface area contributed by atoms with Crippen molar-refractivity contribution in [2.24, 2.45) is 0 Å². The molecule has 2 amide bonds. The van der Waals surface area contributed by atoms with Crippen molar-refractivity contribution >= 4 is 28.8 Å². The van der Waals surface area contributed by atoms with E-state index in [4.69, 9.17) is 4.74 Å². The lowest BCUT2D eigenvalue weighted by Crippen LogP contribution is -2.32. The monoisotopic (exact) mass is 384 g/mol. The number of nitrogens with one attached hydrogen (secondary N) is 1. The van der Waals surface area contributed by atoms with Gasteiger partial charge in [0.15, 0.2) is 0 Å². The minimum atomic E-state index is -0.387. The molecule has 0 fully saturated rings. The van der Waals surface area contributed by atoms with E-state index in [-0.39, 0.29) is 17.5 Å². The fourth-order valence-electron chi connectivity index (χ4n) is 3.37. The highest BCUT2D eigenvalue weighted by Crippen LogP contribution is 2.34. The maximum atomic E-state index is 13.3. The predicted octanol–water partition coefficient (Wildman–Crippen LogP) is 4.40. The molecule has 0 spiro atoms. The molecule has 0 saturated carbocycles. The standard InChI is InChI=1S/C24H20N2O3/c1-16-8-6-12-19(14-16)26-23(27)21(17-9-4-3-5-10-17)22(24(26)28)25-18-11-7-13-20(15-18)29-2/h3-15,25H,1-2H3. The van der Waals surface area contributed by atoms with Gasteiger partial charge in [0.1, 0.15) is 11.4 Å². The fraction of sp³-hybridized carbons (Fsp3) is 0.0833. The summed E-state index contributed by atoms with van der Waals surface area (Å²) in [6, 6.07) is 23.8. The summed E-state index contributed by atoms with van der Waals surface area (Å²) in [7, 11) is 1.58. The molecule has 1 aliphatic heterocycles. The van der Waals surface area contributed by atoms with Crippen LogP contribution in [0.1, 0.15) is 11.1 Å². The zero-order valence-electron chi connectivity index (χ0n) is 16.2. The van der Waals surface area contributed by atoms with E-state index in [1.165, 1.54) is 4.90 Å². The lowest BCUT2D eigenvalue weighted by molar-refractivity contribution is -0.120. The third kappa shape index (κ3) is 3.50. The molecule has 4 rings (SSSR count). The number of hydrogen-bond acceptors (Lipinski definition) is 4. The van der Waals surface area contributed by atoms with Crippen molar-refractivity contribution in [3.05, 3.63) is 95.7 Å². The predicted molar refractivity (Wildman–Crippen MR) is 114 cm³/mol. The summed E-state index contributed by atoms with van der Waals surface area (Å²) in [6.07, 6.45) is 0. The van der Waals surface area contributed by atoms with Crippen LogP contribution in [-0.4, -0.2) is 18.9 Å². The van der Waals surface area contributed by atoms with Crippen LogP contribution in [-0.2, 0) is 9.59 Å². The Morgan fingerprint density at radius 3 is 2.31 bits per heavy atom. The van der Waals surface area contributed by atoms with E-state index < -0.39 is 0 Å². The molecule has 29 heavy (non-hydrogen) atoms. The quantitative estimate of drug-likeness (QED) is 0.663. The van der Waals surface area contributed by atoms with E-state index in [2.05, 4.69) is 5.32 Å². The number of carbonyl (C=O) groups is 2. The minimum Gasteiger partial charge on any atom is -0.497 e. The van der Waals surface area contributed by atoms with Gasteiger partial charge in [0.2, 0.25) is 0 Å². The van der Waals surface area contributed by atoms with Crippen molar-refractivity contribution < 1.29 is 14.3 Å². The van der Waals surface area contributed by atoms with E-state index >= 15 is 0 Å². The van der Waals surface area contributed by atoms with Gasteiger partial charge in [-0.2, -0.15) is 0 Å². The molecule has 0 bridgehead atoms. The molecule has 5 heteroatoms. The summed E-state index contributed by atoms with van der Waals surface area (Å²) >= 11 is 0. The Hall–Kier alpha value is -3.86. The van der Waals surface area contributed by atoms with Crippen molar-refractivity contribution in [3.63, 3.8) is 0 Å². The number of aryl methyl sites for hydroxylation is 1. The minimum absolute atomic E-state index is 0.246. The summed E-state index contributed by atoms with van der Waals surface area (Å²) in [5.41, 5.74) is 3.47. The highest BCUT2D eigenvalue weighted by molar-refractivity contribution is 6.46. The molecule has 3 aromatic rings. The second-order valence-electron chi connectivity index (χ2n) is 6.76. The number of imide groups is 1. The molecule has 1 N–H and O–H groups in total. The number of carbonyl (C=O) groups excluding carboxylic acids is 2. The summed E-state index contributed by atoms with van der Waals surface area (Å²) in [5, 5.41) is 3.15. The van der Waals surface area contributed by atoms with Gasteiger partial charge >= 0.3 is 0 Å². The number of nitrogens with zero attached hydrogens (tertiary/aromatic N) is 1. The first kappa shape index (κ1) is 18.5. The van der Waals surface area contributed by atoms with Crippen LogP contribution in [0.2, 0.25) is 0 Å². The molecule has 0 unspecified atom stereocenters. The molecule has 1 heterocycles. The van der Waals surface area contributed by atoms with E-state index in [0.717, 1.165) is 5.56 Å². The molecule has 1 aliphatic rings. The van der Waals surface area contributed by atoms with Crippen molar-refractivity contribution in [3.8, 4) is 5.75 Å². The molecule has 3 aromatic carbocycles. The maximum Gasteiger partial charge on any atom is 0.282 e. The van der Waals surface area contributed by atoms with Crippen LogP contribution in [0, 0.1) is 6.92 Å². The highest BCUT2D eigenvalue weighted by Gasteiger charge is 2.40. The van der Waals surface area contributed by atoms with Crippen LogP contribution in [0.3, 0.4) is 0 Å². The van der Waals surface area contributed by atoms with Crippen LogP contribution in [0.4, 0.5) is 11.4 Å². The molecular formula is C24H20N2O3. The molecule has 0 atom stereocenters. The smallest absolute Gasteiger partial charge is 0.282 e. The summed E-state index contributed by atoms with van der Waals surface area (Å²) < 4.78 is 5.26. The van der Waals surface area contributed by atoms with Crippen LogP contribution in [0.15, 0.2) is 84.6 Å². The summed E-state index contributed by atoms with van der Waals surface area (Å²) in [6.45, 7) is 1.93. The summed E-state index contributed by atoms with van der Waals surface area (Å²) in [4.78, 5) is 27.9. The lowest BCUT2D eigenvalue weighted by atomic mass is 10.0. The van der Waals surface area contributed by atoms with E-state index in [1.807, 2.05) is 73.7 Å². The van der Waals surface area contributed by atoms with Crippen molar-refractivity contribution in [1.29, 1.82) is 0 Å². The average Bonchev–Trinajstić information content (AvgIpc) is 2.98. The van der Waals surface area contributed by atoms with Gasteiger partial charge in [-0.05, 0) is 42.3 Å². The third-order valence-corrected chi connectivity index (χ3v) is 4.75. The Labute approximate surface area is 169 Å². The Bertz CT molecular complexity index is 1120. The largest absolute Gasteiger partial charge is 0.497 e. The molecule has 0 aromatic heterocycles. The number of benzene rings is 3. The number of amides is 2. The molecular weight excluding hydrogens is 364 g/mol. The number of rotatable bonds is 5. The van der Waals surface area contributed by atoms with Gasteiger partial charge in [-0.25, -0.2) is 4.90 Å². The van der Waals surface area contributed by atoms with Crippen LogP contribution < -0.4 is 15.0 Å². The van der Waals surface area contributed by atoms with Gasteiger partial charge in [0, 0.05) is 11.8 Å². The third-order valence-electron chi connectivity index (χ3n) is 4.75. The number of anilines is 2. The topological polar surface area (TPSA) is 58.6 Å². The van der Waals surface area contributed by atoms with E-state index in [0.29, 0.717) is 28.3 Å². The Balaban J connectivity index is 1.81. The zero-order chi connectivity index (χ0) is 20.4. The second-order valence-corrected chi connectivity index (χ2v) is 6.76. The SMILES string of the molecule is COc1cccc(NC2=C(c3ccccc3)C(=O)N(c3cccc(C)c3)C2=O)c1.